The van der Waals surface area contributed by atoms with Crippen LogP contribution in [0.4, 0.5) is 0 Å². The van der Waals surface area contributed by atoms with Gasteiger partial charge >= 0.3 is 0 Å². The van der Waals surface area contributed by atoms with Crippen LogP contribution in [0.15, 0.2) is 47.2 Å². The van der Waals surface area contributed by atoms with Gasteiger partial charge in [-0.15, -0.1) is 24.8 Å². The predicted octanol–water partition coefficient (Wildman–Crippen LogP) is 3.66. The summed E-state index contributed by atoms with van der Waals surface area (Å²) in [4.78, 5) is 14.7. The first-order valence-electron chi connectivity index (χ1n) is 8.49. The highest BCUT2D eigenvalue weighted by molar-refractivity contribution is 7.07. The first-order valence-corrected chi connectivity index (χ1v) is 9.43. The zero-order valence-electron chi connectivity index (χ0n) is 15.3. The second-order valence-electron chi connectivity index (χ2n) is 5.84. The summed E-state index contributed by atoms with van der Waals surface area (Å²) in [5.41, 5.74) is 8.40. The van der Waals surface area contributed by atoms with E-state index in [0.29, 0.717) is 13.0 Å². The molecule has 3 N–H and O–H groups in total. The van der Waals surface area contributed by atoms with Gasteiger partial charge in [0.25, 0.3) is 0 Å². The van der Waals surface area contributed by atoms with E-state index in [2.05, 4.69) is 40.9 Å². The highest BCUT2D eigenvalue weighted by Gasteiger charge is 2.21. The average Bonchev–Trinajstić information content (AvgIpc) is 3.13. The number of likely N-dealkylation sites (N-methyl/N-ethyl adjacent to an activating group) is 1. The van der Waals surface area contributed by atoms with Gasteiger partial charge in [-0.1, -0.05) is 44.2 Å². The monoisotopic (exact) mass is 417 g/mol. The molecule has 2 rings (SSSR count). The van der Waals surface area contributed by atoms with E-state index in [1.165, 1.54) is 5.56 Å². The largest absolute Gasteiger partial charge is 0.353 e. The summed E-state index contributed by atoms with van der Waals surface area (Å²) in [6.07, 6.45) is 0.557. The van der Waals surface area contributed by atoms with Gasteiger partial charge in [0.2, 0.25) is 5.91 Å². The molecule has 0 aliphatic heterocycles. The average molecular weight is 418 g/mol. The lowest BCUT2D eigenvalue weighted by molar-refractivity contribution is -0.122. The molecule has 1 aromatic heterocycles. The molecule has 2 unspecified atom stereocenters. The molecule has 1 aromatic carbocycles. The fourth-order valence-corrected chi connectivity index (χ4v) is 3.58. The van der Waals surface area contributed by atoms with Gasteiger partial charge in [0.15, 0.2) is 0 Å². The molecule has 0 aliphatic rings. The number of rotatable bonds is 9. The smallest absolute Gasteiger partial charge is 0.237 e. The summed E-state index contributed by atoms with van der Waals surface area (Å²) in [6.45, 7) is 6.77. The minimum atomic E-state index is -0.521. The van der Waals surface area contributed by atoms with Crippen LogP contribution in [0.1, 0.15) is 31.0 Å². The lowest BCUT2D eigenvalue weighted by Gasteiger charge is -2.29. The van der Waals surface area contributed by atoms with Gasteiger partial charge in [0, 0.05) is 6.54 Å². The lowest BCUT2D eigenvalue weighted by atomic mass is 10.1. The van der Waals surface area contributed by atoms with Crippen LogP contribution in [0, 0.1) is 0 Å². The summed E-state index contributed by atoms with van der Waals surface area (Å²) in [5, 5.41) is 7.27. The fraction of sp³-hybridized carbons (Fsp3) is 0.421. The van der Waals surface area contributed by atoms with Crippen molar-refractivity contribution in [3.05, 3.63) is 58.3 Å². The van der Waals surface area contributed by atoms with Crippen molar-refractivity contribution in [2.45, 2.75) is 32.4 Å². The third-order valence-corrected chi connectivity index (χ3v) is 4.99. The SMILES string of the molecule is CCN(CC)C(CNC(=O)C(N)Cc1ccccc1)c1ccsc1.Cl.Cl. The van der Waals surface area contributed by atoms with Gasteiger partial charge in [-0.3, -0.25) is 9.69 Å². The van der Waals surface area contributed by atoms with Crippen molar-refractivity contribution in [1.29, 1.82) is 0 Å². The van der Waals surface area contributed by atoms with E-state index in [1.807, 2.05) is 30.3 Å². The molecular formula is C19H29Cl2N3OS. The Bertz CT molecular complexity index is 607. The van der Waals surface area contributed by atoms with Crippen LogP contribution < -0.4 is 11.1 Å². The minimum Gasteiger partial charge on any atom is -0.353 e. The van der Waals surface area contributed by atoms with Gasteiger partial charge < -0.3 is 11.1 Å². The van der Waals surface area contributed by atoms with Crippen molar-refractivity contribution in [1.82, 2.24) is 10.2 Å². The molecule has 0 aliphatic carbocycles. The number of hydrogen-bond donors (Lipinski definition) is 2. The second-order valence-corrected chi connectivity index (χ2v) is 6.62. The number of amides is 1. The molecule has 0 bridgehead atoms. The zero-order valence-corrected chi connectivity index (χ0v) is 17.7. The number of hydrogen-bond acceptors (Lipinski definition) is 4. The first-order chi connectivity index (χ1) is 11.7. The van der Waals surface area contributed by atoms with Crippen molar-refractivity contribution in [3.63, 3.8) is 0 Å². The highest BCUT2D eigenvalue weighted by Crippen LogP contribution is 2.22. The Hall–Kier alpha value is -1.11. The molecular weight excluding hydrogens is 389 g/mol. The highest BCUT2D eigenvalue weighted by atomic mass is 35.5. The van der Waals surface area contributed by atoms with E-state index in [4.69, 9.17) is 5.73 Å². The molecule has 146 valence electrons. The number of halogens is 2. The maximum absolute atomic E-state index is 12.4. The topological polar surface area (TPSA) is 58.4 Å². The Morgan fingerprint density at radius 2 is 1.81 bits per heavy atom. The van der Waals surface area contributed by atoms with Gasteiger partial charge in [0.05, 0.1) is 12.1 Å². The third kappa shape index (κ3) is 7.25. The number of nitrogens with two attached hydrogens (primary N) is 1. The molecule has 0 spiro atoms. The molecule has 4 nitrogen and oxygen atoms in total. The third-order valence-electron chi connectivity index (χ3n) is 4.29. The van der Waals surface area contributed by atoms with Gasteiger partial charge in [0.1, 0.15) is 0 Å². The van der Waals surface area contributed by atoms with Gasteiger partial charge in [-0.25, -0.2) is 0 Å². The fourth-order valence-electron chi connectivity index (χ4n) is 2.88. The molecule has 1 heterocycles. The Morgan fingerprint density at radius 1 is 1.15 bits per heavy atom. The molecule has 1 amide bonds. The van der Waals surface area contributed by atoms with Crippen LogP contribution in [0.5, 0.6) is 0 Å². The predicted molar refractivity (Wildman–Crippen MR) is 116 cm³/mol. The standard InChI is InChI=1S/C19H27N3OS.2ClH/c1-3-22(4-2)18(16-10-11-24-14-16)13-21-19(23)17(20)12-15-8-6-5-7-9-15;;/h5-11,14,17-18H,3-4,12-13,20H2,1-2H3,(H,21,23);2*1H. The Morgan fingerprint density at radius 3 is 2.35 bits per heavy atom. The quantitative estimate of drug-likeness (QED) is 0.654. The zero-order chi connectivity index (χ0) is 17.4. The van der Waals surface area contributed by atoms with Crippen LogP contribution in [-0.2, 0) is 11.2 Å². The van der Waals surface area contributed by atoms with E-state index in [0.717, 1.165) is 18.7 Å². The van der Waals surface area contributed by atoms with E-state index < -0.39 is 6.04 Å². The van der Waals surface area contributed by atoms with Crippen LogP contribution >= 0.6 is 36.2 Å². The molecule has 26 heavy (non-hydrogen) atoms. The normalized spacial score (nSPS) is 12.6. The first kappa shape index (κ1) is 24.9. The number of nitrogens with zero attached hydrogens (tertiary/aromatic N) is 1. The van der Waals surface area contributed by atoms with Gasteiger partial charge in [-0.2, -0.15) is 11.3 Å². The lowest BCUT2D eigenvalue weighted by Crippen LogP contribution is -2.45. The van der Waals surface area contributed by atoms with E-state index in [1.54, 1.807) is 11.3 Å². The molecule has 2 atom stereocenters. The molecule has 0 radical (unpaired) electrons. The van der Waals surface area contributed by atoms with E-state index in [9.17, 15) is 4.79 Å². The Balaban J connectivity index is 0.00000312. The van der Waals surface area contributed by atoms with E-state index >= 15 is 0 Å². The number of benzene rings is 1. The van der Waals surface area contributed by atoms with Crippen LogP contribution in [0.3, 0.4) is 0 Å². The summed E-state index contributed by atoms with van der Waals surface area (Å²) in [5.74, 6) is -0.0914. The van der Waals surface area contributed by atoms with Crippen molar-refractivity contribution in [3.8, 4) is 0 Å². The Kier molecular flexibility index (Phi) is 12.6. The molecule has 0 saturated carbocycles. The van der Waals surface area contributed by atoms with Crippen molar-refractivity contribution < 1.29 is 4.79 Å². The maximum Gasteiger partial charge on any atom is 0.237 e. The van der Waals surface area contributed by atoms with Crippen molar-refractivity contribution in [2.24, 2.45) is 5.73 Å². The van der Waals surface area contributed by atoms with Crippen molar-refractivity contribution in [2.75, 3.05) is 19.6 Å². The van der Waals surface area contributed by atoms with Crippen LogP contribution in [0.25, 0.3) is 0 Å². The van der Waals surface area contributed by atoms with Crippen LogP contribution in [-0.4, -0.2) is 36.5 Å². The van der Waals surface area contributed by atoms with Gasteiger partial charge in [-0.05, 0) is 47.5 Å². The maximum atomic E-state index is 12.4. The number of thiophene rings is 1. The summed E-state index contributed by atoms with van der Waals surface area (Å²) >= 11 is 1.68. The number of nitrogens with one attached hydrogen (secondary N) is 1. The summed E-state index contributed by atoms with van der Waals surface area (Å²) in [7, 11) is 0. The minimum absolute atomic E-state index is 0. The van der Waals surface area contributed by atoms with E-state index in [-0.39, 0.29) is 36.8 Å². The molecule has 0 saturated heterocycles. The Labute approximate surface area is 173 Å². The number of carbonyl (C=O) groups excluding carboxylic acids is 1. The van der Waals surface area contributed by atoms with Crippen LogP contribution in [0.2, 0.25) is 0 Å². The van der Waals surface area contributed by atoms with Crippen molar-refractivity contribution >= 4 is 42.1 Å². The summed E-state index contributed by atoms with van der Waals surface area (Å²) in [6, 6.07) is 11.7. The molecule has 2 aromatic rings. The number of carbonyl (C=O) groups is 1. The summed E-state index contributed by atoms with van der Waals surface area (Å²) < 4.78 is 0. The second kappa shape index (κ2) is 13.1. The molecule has 0 fully saturated rings. The molecule has 7 heteroatoms.